The van der Waals surface area contributed by atoms with Crippen molar-refractivity contribution >= 4 is 16.8 Å². The van der Waals surface area contributed by atoms with Crippen LogP contribution >= 0.6 is 0 Å². The monoisotopic (exact) mass is 414 g/mol. The molecular weight excluding hydrogens is 380 g/mol. The van der Waals surface area contributed by atoms with Crippen molar-refractivity contribution in [3.05, 3.63) is 40.4 Å². The lowest BCUT2D eigenvalue weighted by Gasteiger charge is -2.31. The fraction of sp³-hybridized carbons (Fsp3) is 0.609. The number of amides is 1. The fourth-order valence-corrected chi connectivity index (χ4v) is 3.88. The van der Waals surface area contributed by atoms with Crippen LogP contribution in [0.1, 0.15) is 57.3 Å². The number of carbonyl (C=O) groups excluding carboxylic acids is 1. The predicted molar refractivity (Wildman–Crippen MR) is 118 cm³/mol. The highest BCUT2D eigenvalue weighted by molar-refractivity contribution is 5.81. The molecule has 1 aliphatic carbocycles. The van der Waals surface area contributed by atoms with Crippen LogP contribution in [-0.4, -0.2) is 47.2 Å². The maximum Gasteiger partial charge on any atom is 0.261 e. The normalized spacial score (nSPS) is 14.8. The summed E-state index contributed by atoms with van der Waals surface area (Å²) in [5, 5.41) is 0.589. The summed E-state index contributed by atoms with van der Waals surface area (Å²) in [7, 11) is 1.62. The first-order valence-electron chi connectivity index (χ1n) is 11.1. The number of benzene rings is 1. The largest absolute Gasteiger partial charge is 0.383 e. The fourth-order valence-electron chi connectivity index (χ4n) is 3.88. The van der Waals surface area contributed by atoms with E-state index in [2.05, 4.69) is 0 Å². The van der Waals surface area contributed by atoms with Gasteiger partial charge in [0.2, 0.25) is 5.91 Å². The molecule has 0 saturated heterocycles. The van der Waals surface area contributed by atoms with Crippen LogP contribution in [0.5, 0.6) is 0 Å². The van der Waals surface area contributed by atoms with Gasteiger partial charge in [0.25, 0.3) is 5.56 Å². The van der Waals surface area contributed by atoms with Gasteiger partial charge in [0.15, 0.2) is 0 Å². The van der Waals surface area contributed by atoms with Crippen LogP contribution in [0.4, 0.5) is 0 Å². The van der Waals surface area contributed by atoms with Gasteiger partial charge in [-0.05, 0) is 51.3 Å². The number of rotatable bonds is 12. The molecule has 1 atom stereocenters. The molecule has 2 N–H and O–H groups in total. The summed E-state index contributed by atoms with van der Waals surface area (Å²) in [5.41, 5.74) is 6.18. The van der Waals surface area contributed by atoms with Gasteiger partial charge in [-0.25, -0.2) is 4.98 Å². The lowest BCUT2D eigenvalue weighted by molar-refractivity contribution is -0.135. The minimum Gasteiger partial charge on any atom is -0.383 e. The minimum atomic E-state index is -0.276. The van der Waals surface area contributed by atoms with E-state index < -0.39 is 0 Å². The molecule has 1 heterocycles. The quantitative estimate of drug-likeness (QED) is 0.539. The van der Waals surface area contributed by atoms with E-state index in [0.717, 1.165) is 38.5 Å². The lowest BCUT2D eigenvalue weighted by Crippen LogP contribution is -2.39. The second-order valence-corrected chi connectivity index (χ2v) is 8.12. The van der Waals surface area contributed by atoms with E-state index in [9.17, 15) is 9.59 Å². The molecule has 1 fully saturated rings. The van der Waals surface area contributed by atoms with Crippen LogP contribution in [0.3, 0.4) is 0 Å². The van der Waals surface area contributed by atoms with E-state index in [0.29, 0.717) is 43.0 Å². The zero-order valence-corrected chi connectivity index (χ0v) is 18.2. The van der Waals surface area contributed by atoms with Crippen molar-refractivity contribution in [3.63, 3.8) is 0 Å². The molecule has 7 nitrogen and oxygen atoms in total. The Kier molecular flexibility index (Phi) is 7.99. The smallest absolute Gasteiger partial charge is 0.261 e. The first kappa shape index (κ1) is 22.4. The molecular formula is C23H34N4O3. The molecule has 1 amide bonds. The first-order chi connectivity index (χ1) is 14.6. The van der Waals surface area contributed by atoms with Crippen molar-refractivity contribution in [2.75, 3.05) is 26.8 Å². The third kappa shape index (κ3) is 5.26. The number of hydrogen-bond donors (Lipinski definition) is 1. The van der Waals surface area contributed by atoms with Gasteiger partial charge in [-0.3, -0.25) is 14.2 Å². The number of nitrogens with two attached hydrogens (primary N) is 1. The van der Waals surface area contributed by atoms with E-state index in [1.54, 1.807) is 17.7 Å². The average Bonchev–Trinajstić information content (AvgIpc) is 3.60. The van der Waals surface area contributed by atoms with Crippen LogP contribution < -0.4 is 11.3 Å². The number of methoxy groups -OCH3 is 1. The van der Waals surface area contributed by atoms with Gasteiger partial charge in [-0.2, -0.15) is 0 Å². The number of unbranched alkanes of at least 4 members (excludes halogenated alkanes) is 3. The molecule has 1 saturated carbocycles. The zero-order chi connectivity index (χ0) is 21.5. The molecule has 1 aromatic carbocycles. The van der Waals surface area contributed by atoms with Gasteiger partial charge in [0.1, 0.15) is 5.82 Å². The van der Waals surface area contributed by atoms with Crippen molar-refractivity contribution in [2.24, 2.45) is 11.7 Å². The van der Waals surface area contributed by atoms with Crippen LogP contribution in [0.2, 0.25) is 0 Å². The number of para-hydroxylation sites is 1. The van der Waals surface area contributed by atoms with Crippen LogP contribution in [0.25, 0.3) is 10.9 Å². The van der Waals surface area contributed by atoms with Gasteiger partial charge < -0.3 is 15.4 Å². The molecule has 30 heavy (non-hydrogen) atoms. The number of fused-ring (bicyclic) bond motifs is 1. The zero-order valence-electron chi connectivity index (χ0n) is 18.2. The third-order valence-electron chi connectivity index (χ3n) is 5.81. The standard InChI is InChI=1S/C23H34N4O3/c1-17(26(22(28)18-11-12-18)14-8-4-3-7-13-24)21-25-20-10-6-5-9-19(20)23(29)27(21)15-16-30-2/h5-6,9-10,17-18H,3-4,7-8,11-16,24H2,1-2H3. The summed E-state index contributed by atoms with van der Waals surface area (Å²) in [5.74, 6) is 0.935. The summed E-state index contributed by atoms with van der Waals surface area (Å²) < 4.78 is 6.91. The maximum atomic E-state index is 13.2. The SMILES string of the molecule is COCCn1c(C(C)N(CCCCCCN)C(=O)C2CC2)nc2ccccc2c1=O. The Morgan fingerprint density at radius 1 is 1.27 bits per heavy atom. The van der Waals surface area contributed by atoms with Crippen molar-refractivity contribution in [3.8, 4) is 0 Å². The summed E-state index contributed by atoms with van der Waals surface area (Å²) in [6.07, 6.45) is 5.96. The number of carbonyl (C=O) groups is 1. The highest BCUT2D eigenvalue weighted by atomic mass is 16.5. The topological polar surface area (TPSA) is 90.4 Å². The Balaban J connectivity index is 1.92. The second-order valence-electron chi connectivity index (χ2n) is 8.12. The summed E-state index contributed by atoms with van der Waals surface area (Å²) in [4.78, 5) is 33.0. The molecule has 1 aromatic heterocycles. The maximum absolute atomic E-state index is 13.2. The van der Waals surface area contributed by atoms with Gasteiger partial charge >= 0.3 is 0 Å². The van der Waals surface area contributed by atoms with Crippen molar-refractivity contribution in [1.82, 2.24) is 14.5 Å². The molecule has 3 rings (SSSR count). The molecule has 0 spiro atoms. The van der Waals surface area contributed by atoms with Gasteiger partial charge in [-0.1, -0.05) is 25.0 Å². The Labute approximate surface area is 178 Å². The molecule has 164 valence electrons. The van der Waals surface area contributed by atoms with Gasteiger partial charge in [0.05, 0.1) is 30.1 Å². The molecule has 0 aliphatic heterocycles. The molecule has 0 radical (unpaired) electrons. The molecule has 7 heteroatoms. The highest BCUT2D eigenvalue weighted by Crippen LogP contribution is 2.34. The highest BCUT2D eigenvalue weighted by Gasteiger charge is 2.36. The van der Waals surface area contributed by atoms with Crippen molar-refractivity contribution < 1.29 is 9.53 Å². The number of ether oxygens (including phenoxy) is 1. The van der Waals surface area contributed by atoms with E-state index >= 15 is 0 Å². The van der Waals surface area contributed by atoms with Crippen LogP contribution in [0.15, 0.2) is 29.1 Å². The number of hydrogen-bond acceptors (Lipinski definition) is 5. The lowest BCUT2D eigenvalue weighted by atomic mass is 10.1. The Morgan fingerprint density at radius 3 is 2.70 bits per heavy atom. The van der Waals surface area contributed by atoms with E-state index in [4.69, 9.17) is 15.5 Å². The first-order valence-corrected chi connectivity index (χ1v) is 11.1. The molecule has 2 aromatic rings. The molecule has 1 aliphatic rings. The average molecular weight is 415 g/mol. The van der Waals surface area contributed by atoms with Crippen molar-refractivity contribution in [1.29, 1.82) is 0 Å². The van der Waals surface area contributed by atoms with Crippen LogP contribution in [-0.2, 0) is 16.1 Å². The molecule has 0 bridgehead atoms. The van der Waals surface area contributed by atoms with Gasteiger partial charge in [-0.15, -0.1) is 0 Å². The van der Waals surface area contributed by atoms with Crippen molar-refractivity contribution in [2.45, 2.75) is 58.0 Å². The molecule has 1 unspecified atom stereocenters. The Hall–Kier alpha value is -2.25. The van der Waals surface area contributed by atoms with E-state index in [1.165, 1.54) is 0 Å². The van der Waals surface area contributed by atoms with Gasteiger partial charge in [0, 0.05) is 19.6 Å². The Morgan fingerprint density at radius 2 is 2.00 bits per heavy atom. The van der Waals surface area contributed by atoms with E-state index in [1.807, 2.05) is 30.0 Å². The predicted octanol–water partition coefficient (Wildman–Crippen LogP) is 2.86. The Bertz CT molecular complexity index is 907. The third-order valence-corrected chi connectivity index (χ3v) is 5.81. The summed E-state index contributed by atoms with van der Waals surface area (Å²) in [6.45, 7) is 4.19. The number of aromatic nitrogens is 2. The summed E-state index contributed by atoms with van der Waals surface area (Å²) in [6, 6.07) is 7.11. The van der Waals surface area contributed by atoms with E-state index in [-0.39, 0.29) is 23.4 Å². The second kappa shape index (κ2) is 10.7. The van der Waals surface area contributed by atoms with Crippen LogP contribution in [0, 0.1) is 5.92 Å². The summed E-state index contributed by atoms with van der Waals surface area (Å²) >= 11 is 0. The minimum absolute atomic E-state index is 0.0822. The number of nitrogens with zero attached hydrogens (tertiary/aromatic N) is 3.